The van der Waals surface area contributed by atoms with Crippen molar-refractivity contribution in [2.45, 2.75) is 6.54 Å². The van der Waals surface area contributed by atoms with E-state index in [0.29, 0.717) is 26.2 Å². The van der Waals surface area contributed by atoms with Gasteiger partial charge in [-0.25, -0.2) is 8.42 Å². The number of para-hydroxylation sites is 1. The zero-order valence-electron chi connectivity index (χ0n) is 12.4. The molecule has 7 heteroatoms. The SMILES string of the molecule is CS(=O)(=O)N1CCN(CCOc2ccccc2CN)CC1. The lowest BCUT2D eigenvalue weighted by Gasteiger charge is -2.33. The minimum atomic E-state index is -3.06. The van der Waals surface area contributed by atoms with Gasteiger partial charge in [0.05, 0.1) is 6.26 Å². The van der Waals surface area contributed by atoms with Crippen LogP contribution in [0.25, 0.3) is 0 Å². The van der Waals surface area contributed by atoms with E-state index in [2.05, 4.69) is 4.90 Å². The molecule has 1 aliphatic rings. The van der Waals surface area contributed by atoms with Crippen molar-refractivity contribution in [3.05, 3.63) is 29.8 Å². The van der Waals surface area contributed by atoms with Gasteiger partial charge in [-0.05, 0) is 6.07 Å². The molecule has 0 atom stereocenters. The molecule has 1 heterocycles. The standard InChI is InChI=1S/C14H23N3O3S/c1-21(18,19)17-8-6-16(7-9-17)10-11-20-14-5-3-2-4-13(14)12-15/h2-5H,6-12,15H2,1H3. The number of benzene rings is 1. The fourth-order valence-corrected chi connectivity index (χ4v) is 3.21. The lowest BCUT2D eigenvalue weighted by atomic mass is 10.2. The minimum Gasteiger partial charge on any atom is -0.492 e. The molecule has 1 saturated heterocycles. The van der Waals surface area contributed by atoms with Gasteiger partial charge in [-0.1, -0.05) is 18.2 Å². The van der Waals surface area contributed by atoms with E-state index in [1.807, 2.05) is 24.3 Å². The first kappa shape index (κ1) is 16.2. The maximum absolute atomic E-state index is 11.4. The van der Waals surface area contributed by atoms with Gasteiger partial charge in [0.1, 0.15) is 12.4 Å². The number of nitrogens with two attached hydrogens (primary N) is 1. The summed E-state index contributed by atoms with van der Waals surface area (Å²) in [4.78, 5) is 2.22. The van der Waals surface area contributed by atoms with Crippen LogP contribution in [0, 0.1) is 0 Å². The molecule has 0 spiro atoms. The van der Waals surface area contributed by atoms with Gasteiger partial charge < -0.3 is 10.5 Å². The lowest BCUT2D eigenvalue weighted by molar-refractivity contribution is 0.159. The molecule has 0 bridgehead atoms. The smallest absolute Gasteiger partial charge is 0.211 e. The molecule has 118 valence electrons. The normalized spacial score (nSPS) is 17.8. The van der Waals surface area contributed by atoms with Gasteiger partial charge in [0, 0.05) is 44.8 Å². The molecule has 1 fully saturated rings. The largest absolute Gasteiger partial charge is 0.492 e. The third-order valence-electron chi connectivity index (χ3n) is 3.66. The summed E-state index contributed by atoms with van der Waals surface area (Å²) in [5.41, 5.74) is 6.67. The van der Waals surface area contributed by atoms with Crippen LogP contribution >= 0.6 is 0 Å². The predicted octanol–water partition coefficient (Wildman–Crippen LogP) is 0.101. The van der Waals surface area contributed by atoms with E-state index in [4.69, 9.17) is 10.5 Å². The van der Waals surface area contributed by atoms with Crippen LogP contribution in [0.15, 0.2) is 24.3 Å². The van der Waals surface area contributed by atoms with Crippen LogP contribution in [0.4, 0.5) is 0 Å². The van der Waals surface area contributed by atoms with Crippen LogP contribution < -0.4 is 10.5 Å². The Morgan fingerprint density at radius 2 is 1.86 bits per heavy atom. The highest BCUT2D eigenvalue weighted by atomic mass is 32.2. The second kappa shape index (κ2) is 7.22. The van der Waals surface area contributed by atoms with Crippen molar-refractivity contribution in [1.82, 2.24) is 9.21 Å². The first-order chi connectivity index (χ1) is 10.0. The summed E-state index contributed by atoms with van der Waals surface area (Å²) in [5, 5.41) is 0. The Morgan fingerprint density at radius 3 is 2.48 bits per heavy atom. The minimum absolute atomic E-state index is 0.462. The van der Waals surface area contributed by atoms with Gasteiger partial charge in [-0.3, -0.25) is 4.90 Å². The Kier molecular flexibility index (Phi) is 5.58. The highest BCUT2D eigenvalue weighted by molar-refractivity contribution is 7.88. The Morgan fingerprint density at radius 1 is 1.19 bits per heavy atom. The van der Waals surface area contributed by atoms with Gasteiger partial charge in [0.15, 0.2) is 0 Å². The Bertz CT molecular complexity index is 554. The third-order valence-corrected chi connectivity index (χ3v) is 4.96. The quantitative estimate of drug-likeness (QED) is 0.806. The zero-order valence-corrected chi connectivity index (χ0v) is 13.2. The molecule has 2 N–H and O–H groups in total. The second-order valence-corrected chi connectivity index (χ2v) is 7.15. The molecule has 0 unspecified atom stereocenters. The van der Waals surface area contributed by atoms with Crippen molar-refractivity contribution in [1.29, 1.82) is 0 Å². The van der Waals surface area contributed by atoms with Crippen molar-refractivity contribution in [2.75, 3.05) is 45.6 Å². The van der Waals surface area contributed by atoms with Crippen LogP contribution in [0.2, 0.25) is 0 Å². The molecular formula is C14H23N3O3S. The van der Waals surface area contributed by atoms with Crippen LogP contribution in [-0.2, 0) is 16.6 Å². The van der Waals surface area contributed by atoms with E-state index in [1.165, 1.54) is 10.6 Å². The number of sulfonamides is 1. The monoisotopic (exact) mass is 313 g/mol. The molecular weight excluding hydrogens is 290 g/mol. The summed E-state index contributed by atoms with van der Waals surface area (Å²) < 4.78 is 30.2. The molecule has 0 aliphatic carbocycles. The molecule has 1 aromatic carbocycles. The zero-order chi connectivity index (χ0) is 15.3. The third kappa shape index (κ3) is 4.67. The van der Waals surface area contributed by atoms with Crippen LogP contribution in [0.1, 0.15) is 5.56 Å². The predicted molar refractivity (Wildman–Crippen MR) is 82.7 cm³/mol. The van der Waals surface area contributed by atoms with Crippen molar-refractivity contribution >= 4 is 10.0 Å². The molecule has 0 saturated carbocycles. The summed E-state index contributed by atoms with van der Waals surface area (Å²) >= 11 is 0. The van der Waals surface area contributed by atoms with Crippen LogP contribution in [-0.4, -0.2) is 63.2 Å². The highest BCUT2D eigenvalue weighted by Gasteiger charge is 2.22. The molecule has 0 amide bonds. The highest BCUT2D eigenvalue weighted by Crippen LogP contribution is 2.17. The number of piperazine rings is 1. The lowest BCUT2D eigenvalue weighted by Crippen LogP contribution is -2.49. The van der Waals surface area contributed by atoms with Crippen molar-refractivity contribution < 1.29 is 13.2 Å². The Hall–Kier alpha value is -1.15. The topological polar surface area (TPSA) is 75.9 Å². The van der Waals surface area contributed by atoms with Gasteiger partial charge >= 0.3 is 0 Å². The molecule has 21 heavy (non-hydrogen) atoms. The van der Waals surface area contributed by atoms with E-state index < -0.39 is 10.0 Å². The van der Waals surface area contributed by atoms with Gasteiger partial charge in [-0.15, -0.1) is 0 Å². The molecule has 1 aliphatic heterocycles. The average Bonchev–Trinajstić information content (AvgIpc) is 2.47. The number of rotatable bonds is 6. The van der Waals surface area contributed by atoms with Gasteiger partial charge in [0.2, 0.25) is 10.0 Å². The van der Waals surface area contributed by atoms with Crippen molar-refractivity contribution in [3.8, 4) is 5.75 Å². The average molecular weight is 313 g/mol. The van der Waals surface area contributed by atoms with E-state index in [-0.39, 0.29) is 0 Å². The summed E-state index contributed by atoms with van der Waals surface area (Å²) in [5.74, 6) is 0.828. The summed E-state index contributed by atoms with van der Waals surface area (Å²) in [7, 11) is -3.06. The van der Waals surface area contributed by atoms with E-state index >= 15 is 0 Å². The first-order valence-corrected chi connectivity index (χ1v) is 8.94. The Balaban J connectivity index is 1.75. The maximum Gasteiger partial charge on any atom is 0.211 e. The molecule has 0 aromatic heterocycles. The fraction of sp³-hybridized carbons (Fsp3) is 0.571. The van der Waals surface area contributed by atoms with E-state index in [1.54, 1.807) is 0 Å². The van der Waals surface area contributed by atoms with Gasteiger partial charge in [0.25, 0.3) is 0 Å². The molecule has 2 rings (SSSR count). The molecule has 1 aromatic rings. The summed E-state index contributed by atoms with van der Waals surface area (Å²) in [6.45, 7) is 4.43. The Labute approximate surface area is 126 Å². The van der Waals surface area contributed by atoms with Crippen LogP contribution in [0.3, 0.4) is 0 Å². The number of nitrogens with zero attached hydrogens (tertiary/aromatic N) is 2. The number of hydrogen-bond acceptors (Lipinski definition) is 5. The van der Waals surface area contributed by atoms with Crippen LogP contribution in [0.5, 0.6) is 5.75 Å². The number of ether oxygens (including phenoxy) is 1. The molecule has 6 nitrogen and oxygen atoms in total. The molecule has 0 radical (unpaired) electrons. The van der Waals surface area contributed by atoms with Gasteiger partial charge in [-0.2, -0.15) is 4.31 Å². The second-order valence-electron chi connectivity index (χ2n) is 5.16. The first-order valence-electron chi connectivity index (χ1n) is 7.09. The van der Waals surface area contributed by atoms with Crippen molar-refractivity contribution in [3.63, 3.8) is 0 Å². The fourth-order valence-electron chi connectivity index (χ4n) is 2.38. The summed E-state index contributed by atoms with van der Waals surface area (Å²) in [6.07, 6.45) is 1.26. The number of hydrogen-bond donors (Lipinski definition) is 1. The van der Waals surface area contributed by atoms with Crippen molar-refractivity contribution in [2.24, 2.45) is 5.73 Å². The van der Waals surface area contributed by atoms with E-state index in [0.717, 1.165) is 30.9 Å². The maximum atomic E-state index is 11.4. The summed E-state index contributed by atoms with van der Waals surface area (Å²) in [6, 6.07) is 7.75. The van der Waals surface area contributed by atoms with E-state index in [9.17, 15) is 8.42 Å².